The zero-order valence-electron chi connectivity index (χ0n) is 24.4. The molecule has 4 atom stereocenters. The third-order valence-corrected chi connectivity index (χ3v) is 7.75. The average molecular weight is 473 g/mol. The smallest absolute Gasteiger partial charge is 0.0379 e. The third-order valence-electron chi connectivity index (χ3n) is 7.75. The Morgan fingerprint density at radius 2 is 0.941 bits per heavy atom. The van der Waals surface area contributed by atoms with Gasteiger partial charge in [0, 0.05) is 23.5 Å². The number of hydrogen-bond donors (Lipinski definition) is 2. The number of rotatable bonds is 20. The second kappa shape index (κ2) is 18.1. The summed E-state index contributed by atoms with van der Waals surface area (Å²) in [6.45, 7) is 18.8. The number of anilines is 2. The molecule has 0 saturated carbocycles. The van der Waals surface area contributed by atoms with Crippen molar-refractivity contribution < 1.29 is 0 Å². The van der Waals surface area contributed by atoms with Gasteiger partial charge < -0.3 is 10.6 Å². The first kappa shape index (κ1) is 30.9. The molecule has 34 heavy (non-hydrogen) atoms. The van der Waals surface area contributed by atoms with Crippen molar-refractivity contribution in [3.8, 4) is 0 Å². The molecule has 1 aromatic rings. The van der Waals surface area contributed by atoms with E-state index in [0.717, 1.165) is 11.8 Å². The summed E-state index contributed by atoms with van der Waals surface area (Å²) < 4.78 is 0. The molecule has 0 bridgehead atoms. The van der Waals surface area contributed by atoms with Crippen LogP contribution in [0.3, 0.4) is 0 Å². The lowest BCUT2D eigenvalue weighted by molar-refractivity contribution is 0.435. The molecule has 0 saturated heterocycles. The quantitative estimate of drug-likeness (QED) is 0.197. The van der Waals surface area contributed by atoms with Crippen LogP contribution in [0.5, 0.6) is 0 Å². The molecule has 198 valence electrons. The molecule has 1 rings (SSSR count). The van der Waals surface area contributed by atoms with Gasteiger partial charge in [-0.2, -0.15) is 0 Å². The SMILES string of the molecule is CCCCC(CC)Cc1c(NC(C)CCC)ccc(NC(C)CCC)c1CC(CC)CCCC. The van der Waals surface area contributed by atoms with Crippen LogP contribution in [0.2, 0.25) is 0 Å². The monoisotopic (exact) mass is 472 g/mol. The molecule has 0 aliphatic carbocycles. The molecule has 0 aromatic heterocycles. The van der Waals surface area contributed by atoms with Crippen LogP contribution in [0, 0.1) is 11.8 Å². The van der Waals surface area contributed by atoms with E-state index in [1.54, 1.807) is 11.1 Å². The molecule has 0 amide bonds. The summed E-state index contributed by atoms with van der Waals surface area (Å²) in [7, 11) is 0. The van der Waals surface area contributed by atoms with E-state index >= 15 is 0 Å². The van der Waals surface area contributed by atoms with Gasteiger partial charge in [0.1, 0.15) is 0 Å². The van der Waals surface area contributed by atoms with Gasteiger partial charge in [0.2, 0.25) is 0 Å². The molecule has 0 radical (unpaired) electrons. The van der Waals surface area contributed by atoms with Crippen LogP contribution in [0.25, 0.3) is 0 Å². The highest BCUT2D eigenvalue weighted by molar-refractivity contribution is 5.66. The lowest BCUT2D eigenvalue weighted by Crippen LogP contribution is -2.21. The zero-order valence-corrected chi connectivity index (χ0v) is 24.4. The second-order valence-electron chi connectivity index (χ2n) is 11.0. The van der Waals surface area contributed by atoms with Crippen molar-refractivity contribution in [3.05, 3.63) is 23.3 Å². The lowest BCUT2D eigenvalue weighted by Gasteiger charge is -2.28. The van der Waals surface area contributed by atoms with Crippen LogP contribution in [-0.2, 0) is 12.8 Å². The van der Waals surface area contributed by atoms with Gasteiger partial charge in [-0.25, -0.2) is 0 Å². The molecular formula is C32H60N2. The summed E-state index contributed by atoms with van der Waals surface area (Å²) in [6.07, 6.45) is 17.9. The first-order valence-corrected chi connectivity index (χ1v) is 15.1. The van der Waals surface area contributed by atoms with Crippen molar-refractivity contribution in [2.24, 2.45) is 11.8 Å². The molecule has 1 aromatic carbocycles. The highest BCUT2D eigenvalue weighted by atomic mass is 14.9. The summed E-state index contributed by atoms with van der Waals surface area (Å²) >= 11 is 0. The fraction of sp³-hybridized carbons (Fsp3) is 0.812. The van der Waals surface area contributed by atoms with Crippen molar-refractivity contribution in [2.75, 3.05) is 10.6 Å². The maximum atomic E-state index is 3.95. The molecule has 0 heterocycles. The Kier molecular flexibility index (Phi) is 16.5. The van der Waals surface area contributed by atoms with Gasteiger partial charge in [0.05, 0.1) is 0 Å². The first-order valence-electron chi connectivity index (χ1n) is 15.1. The van der Waals surface area contributed by atoms with Gasteiger partial charge in [-0.3, -0.25) is 0 Å². The molecule has 2 N–H and O–H groups in total. The lowest BCUT2D eigenvalue weighted by atomic mass is 9.83. The Balaban J connectivity index is 3.49. The zero-order chi connectivity index (χ0) is 25.3. The van der Waals surface area contributed by atoms with E-state index < -0.39 is 0 Å². The average Bonchev–Trinajstić information content (AvgIpc) is 2.82. The first-order chi connectivity index (χ1) is 16.4. The Morgan fingerprint density at radius 3 is 1.24 bits per heavy atom. The van der Waals surface area contributed by atoms with Gasteiger partial charge in [0.25, 0.3) is 0 Å². The van der Waals surface area contributed by atoms with Crippen LogP contribution in [-0.4, -0.2) is 12.1 Å². The van der Waals surface area contributed by atoms with Crippen LogP contribution in [0.4, 0.5) is 11.4 Å². The van der Waals surface area contributed by atoms with Crippen molar-refractivity contribution in [3.63, 3.8) is 0 Å². The molecular weight excluding hydrogens is 412 g/mol. The number of benzene rings is 1. The third kappa shape index (κ3) is 11.0. The van der Waals surface area contributed by atoms with Gasteiger partial charge in [-0.1, -0.05) is 106 Å². The number of nitrogens with one attached hydrogen (secondary N) is 2. The van der Waals surface area contributed by atoms with E-state index in [9.17, 15) is 0 Å². The van der Waals surface area contributed by atoms with E-state index in [4.69, 9.17) is 0 Å². The molecule has 0 spiro atoms. The maximum absolute atomic E-state index is 3.95. The fourth-order valence-electron chi connectivity index (χ4n) is 5.44. The minimum absolute atomic E-state index is 0.521. The standard InChI is InChI=1S/C32H60N2/c1-9-15-19-27(13-5)23-29-30(24-28(14-6)20-16-10-2)32(34-26(8)18-12-4)22-21-31(29)33-25(7)17-11-3/h21-22,25-28,33-34H,9-20,23-24H2,1-8H3. The van der Waals surface area contributed by atoms with Crippen LogP contribution in [0.15, 0.2) is 12.1 Å². The van der Waals surface area contributed by atoms with E-state index in [0.29, 0.717) is 12.1 Å². The van der Waals surface area contributed by atoms with Crippen molar-refractivity contribution in [2.45, 2.75) is 157 Å². The topological polar surface area (TPSA) is 24.1 Å². The van der Waals surface area contributed by atoms with E-state index in [1.807, 2.05) is 0 Å². The normalized spacial score (nSPS) is 15.1. The van der Waals surface area contributed by atoms with E-state index in [-0.39, 0.29) is 0 Å². The highest BCUT2D eigenvalue weighted by Crippen LogP contribution is 2.36. The van der Waals surface area contributed by atoms with Crippen LogP contribution >= 0.6 is 0 Å². The summed E-state index contributed by atoms with van der Waals surface area (Å²) in [5, 5.41) is 7.90. The van der Waals surface area contributed by atoms with Gasteiger partial charge in [0.15, 0.2) is 0 Å². The van der Waals surface area contributed by atoms with Crippen LogP contribution in [0.1, 0.15) is 144 Å². The Bertz CT molecular complexity index is 583. The van der Waals surface area contributed by atoms with Crippen molar-refractivity contribution in [1.29, 1.82) is 0 Å². The minimum Gasteiger partial charge on any atom is -0.382 e. The predicted molar refractivity (Wildman–Crippen MR) is 156 cm³/mol. The molecule has 0 fully saturated rings. The molecule has 2 heteroatoms. The highest BCUT2D eigenvalue weighted by Gasteiger charge is 2.21. The Hall–Kier alpha value is -1.18. The predicted octanol–water partition coefficient (Wildman–Crippen LogP) is 10.4. The van der Waals surface area contributed by atoms with E-state index in [1.165, 1.54) is 101 Å². The summed E-state index contributed by atoms with van der Waals surface area (Å²) in [4.78, 5) is 0. The molecule has 0 aliphatic heterocycles. The molecule has 0 aliphatic rings. The van der Waals surface area contributed by atoms with Gasteiger partial charge >= 0.3 is 0 Å². The maximum Gasteiger partial charge on any atom is 0.0379 e. The summed E-state index contributed by atoms with van der Waals surface area (Å²) in [5.41, 5.74) is 6.05. The van der Waals surface area contributed by atoms with Gasteiger partial charge in [-0.15, -0.1) is 0 Å². The fourth-order valence-corrected chi connectivity index (χ4v) is 5.44. The largest absolute Gasteiger partial charge is 0.382 e. The summed E-state index contributed by atoms with van der Waals surface area (Å²) in [5.74, 6) is 1.56. The summed E-state index contributed by atoms with van der Waals surface area (Å²) in [6, 6.07) is 5.83. The Labute approximate surface area is 214 Å². The van der Waals surface area contributed by atoms with Crippen molar-refractivity contribution >= 4 is 11.4 Å². The Morgan fingerprint density at radius 1 is 0.559 bits per heavy atom. The van der Waals surface area contributed by atoms with Crippen LogP contribution < -0.4 is 10.6 Å². The molecule has 2 nitrogen and oxygen atoms in total. The van der Waals surface area contributed by atoms with Gasteiger partial charge in [-0.05, 0) is 74.6 Å². The number of unbranched alkanes of at least 4 members (excludes halogenated alkanes) is 2. The second-order valence-corrected chi connectivity index (χ2v) is 11.0. The van der Waals surface area contributed by atoms with Crippen molar-refractivity contribution in [1.82, 2.24) is 0 Å². The molecule has 4 unspecified atom stereocenters. The van der Waals surface area contributed by atoms with E-state index in [2.05, 4.69) is 78.2 Å². The minimum atomic E-state index is 0.521. The number of hydrogen-bond acceptors (Lipinski definition) is 2.